The van der Waals surface area contributed by atoms with Crippen LogP contribution in [0.25, 0.3) is 11.1 Å². The zero-order valence-corrected chi connectivity index (χ0v) is 21.9. The highest BCUT2D eigenvalue weighted by Crippen LogP contribution is 2.40. The van der Waals surface area contributed by atoms with Crippen molar-refractivity contribution in [3.05, 3.63) is 144 Å². The van der Waals surface area contributed by atoms with Crippen molar-refractivity contribution >= 4 is 11.9 Å². The lowest BCUT2D eigenvalue weighted by atomic mass is 9.76. The quantitative estimate of drug-likeness (QED) is 0.228. The van der Waals surface area contributed by atoms with Crippen LogP contribution in [0, 0.1) is 6.92 Å². The predicted molar refractivity (Wildman–Crippen MR) is 157 cm³/mol. The van der Waals surface area contributed by atoms with Gasteiger partial charge in [-0.25, -0.2) is 0 Å². The molecule has 0 saturated heterocycles. The fourth-order valence-corrected chi connectivity index (χ4v) is 4.74. The van der Waals surface area contributed by atoms with Crippen LogP contribution >= 0.6 is 0 Å². The smallest absolute Gasteiger partial charge is 0.135 e. The van der Waals surface area contributed by atoms with E-state index in [9.17, 15) is 5.11 Å². The lowest BCUT2D eigenvalue weighted by molar-refractivity contribution is 0.452. The minimum Gasteiger partial charge on any atom is -0.507 e. The number of nitrogens with zero attached hydrogens (tertiary/aromatic N) is 1. The molecular weight excluding hydrogens is 466 g/mol. The fourth-order valence-electron chi connectivity index (χ4n) is 4.74. The molecule has 0 aliphatic heterocycles. The zero-order valence-electron chi connectivity index (χ0n) is 21.9. The molecule has 0 fully saturated rings. The molecule has 0 aromatic heterocycles. The van der Waals surface area contributed by atoms with Gasteiger partial charge in [0.2, 0.25) is 0 Å². The highest BCUT2D eigenvalue weighted by Gasteiger charge is 2.27. The van der Waals surface area contributed by atoms with Crippen LogP contribution in [-0.2, 0) is 5.41 Å². The van der Waals surface area contributed by atoms with Crippen LogP contribution < -0.4 is 4.74 Å². The van der Waals surface area contributed by atoms with Crippen LogP contribution in [0.4, 0.5) is 5.69 Å². The van der Waals surface area contributed by atoms with E-state index in [0.717, 1.165) is 45.0 Å². The van der Waals surface area contributed by atoms with Gasteiger partial charge in [-0.05, 0) is 48.4 Å². The molecule has 0 heterocycles. The molecule has 188 valence electrons. The first-order chi connectivity index (χ1) is 18.4. The highest BCUT2D eigenvalue weighted by atomic mass is 16.5. The third-order valence-electron chi connectivity index (χ3n) is 6.85. The summed E-state index contributed by atoms with van der Waals surface area (Å²) in [4.78, 5) is 4.86. The zero-order chi connectivity index (χ0) is 26.5. The Labute approximate surface area is 224 Å². The summed E-state index contributed by atoms with van der Waals surface area (Å²) in [6.45, 7) is 6.32. The maximum absolute atomic E-state index is 11.4. The first-order valence-corrected chi connectivity index (χ1v) is 12.8. The Bertz CT molecular complexity index is 1570. The third kappa shape index (κ3) is 5.23. The molecule has 1 N–H and O–H groups in total. The Morgan fingerprint density at radius 2 is 1.32 bits per heavy atom. The molecule has 38 heavy (non-hydrogen) atoms. The van der Waals surface area contributed by atoms with E-state index < -0.39 is 0 Å². The summed E-state index contributed by atoms with van der Waals surface area (Å²) in [6, 6.07) is 40.0. The molecule has 0 amide bonds. The number of phenols is 1. The van der Waals surface area contributed by atoms with Crippen LogP contribution in [0.5, 0.6) is 17.2 Å². The lowest BCUT2D eigenvalue weighted by Crippen LogP contribution is -2.19. The van der Waals surface area contributed by atoms with E-state index >= 15 is 0 Å². The largest absolute Gasteiger partial charge is 0.507 e. The van der Waals surface area contributed by atoms with Crippen molar-refractivity contribution in [3.8, 4) is 28.4 Å². The van der Waals surface area contributed by atoms with Crippen LogP contribution in [0.2, 0.25) is 0 Å². The minimum absolute atomic E-state index is 0.249. The topological polar surface area (TPSA) is 41.8 Å². The minimum atomic E-state index is -0.369. The maximum Gasteiger partial charge on any atom is 0.135 e. The summed E-state index contributed by atoms with van der Waals surface area (Å²) in [5.41, 5.74) is 6.10. The number of phenolic OH excluding ortho intramolecular Hbond substituents is 1. The molecule has 0 spiro atoms. The van der Waals surface area contributed by atoms with Crippen molar-refractivity contribution in [3.63, 3.8) is 0 Å². The Morgan fingerprint density at radius 1 is 0.711 bits per heavy atom. The normalized spacial score (nSPS) is 11.6. The standard InChI is InChI=1S/C35H31NO2/c1-25-22-26(34(37)31(23-25)35(2,3)27-14-6-4-7-15-27)24-36-32-20-12-10-18-29(32)30-19-11-13-21-33(30)38-28-16-8-5-9-17-28/h4-24,37H,1-3H3. The van der Waals surface area contributed by atoms with E-state index in [1.54, 1.807) is 6.21 Å². The number of benzene rings is 5. The van der Waals surface area contributed by atoms with Crippen molar-refractivity contribution in [1.29, 1.82) is 0 Å². The van der Waals surface area contributed by atoms with Crippen LogP contribution in [0.3, 0.4) is 0 Å². The van der Waals surface area contributed by atoms with Crippen LogP contribution in [-0.4, -0.2) is 11.3 Å². The molecule has 5 rings (SSSR count). The molecule has 0 unspecified atom stereocenters. The average Bonchev–Trinajstić information content (AvgIpc) is 2.95. The molecule has 0 atom stereocenters. The number of aliphatic imine (C=N–C) groups is 1. The Morgan fingerprint density at radius 3 is 2.05 bits per heavy atom. The van der Waals surface area contributed by atoms with Crippen molar-refractivity contribution < 1.29 is 9.84 Å². The summed E-state index contributed by atoms with van der Waals surface area (Å²) in [5.74, 6) is 1.78. The van der Waals surface area contributed by atoms with Gasteiger partial charge in [0, 0.05) is 33.9 Å². The second-order valence-electron chi connectivity index (χ2n) is 9.93. The molecule has 0 radical (unpaired) electrons. The predicted octanol–water partition coefficient (Wildman–Crippen LogP) is 9.24. The molecule has 0 aliphatic carbocycles. The number of rotatable bonds is 7. The van der Waals surface area contributed by atoms with Crippen LogP contribution in [0.15, 0.2) is 126 Å². The first-order valence-electron chi connectivity index (χ1n) is 12.8. The van der Waals surface area contributed by atoms with E-state index in [0.29, 0.717) is 5.56 Å². The summed E-state index contributed by atoms with van der Waals surface area (Å²) in [7, 11) is 0. The van der Waals surface area contributed by atoms with Gasteiger partial charge in [0.1, 0.15) is 17.2 Å². The molecule has 5 aromatic carbocycles. The Kier molecular flexibility index (Phi) is 7.10. The van der Waals surface area contributed by atoms with Crippen molar-refractivity contribution in [1.82, 2.24) is 0 Å². The number of aromatic hydroxyl groups is 1. The number of aryl methyl sites for hydroxylation is 1. The van der Waals surface area contributed by atoms with Crippen molar-refractivity contribution in [2.75, 3.05) is 0 Å². The van der Waals surface area contributed by atoms with Crippen molar-refractivity contribution in [2.24, 2.45) is 4.99 Å². The summed E-state index contributed by atoms with van der Waals surface area (Å²) in [5, 5.41) is 11.4. The SMILES string of the molecule is Cc1cc(C=Nc2ccccc2-c2ccccc2Oc2ccccc2)c(O)c(C(C)(C)c2ccccc2)c1. The number of hydrogen-bond donors (Lipinski definition) is 1. The fraction of sp³-hybridized carbons (Fsp3) is 0.114. The number of para-hydroxylation sites is 3. The summed E-state index contributed by atoms with van der Waals surface area (Å²) < 4.78 is 6.22. The van der Waals surface area contributed by atoms with Gasteiger partial charge in [-0.15, -0.1) is 0 Å². The number of hydrogen-bond acceptors (Lipinski definition) is 3. The van der Waals surface area contributed by atoms with Gasteiger partial charge >= 0.3 is 0 Å². The van der Waals surface area contributed by atoms with Gasteiger partial charge in [-0.2, -0.15) is 0 Å². The monoisotopic (exact) mass is 497 g/mol. The summed E-state index contributed by atoms with van der Waals surface area (Å²) >= 11 is 0. The number of ether oxygens (including phenoxy) is 1. The molecular formula is C35H31NO2. The highest BCUT2D eigenvalue weighted by molar-refractivity contribution is 5.90. The van der Waals surface area contributed by atoms with E-state index in [4.69, 9.17) is 9.73 Å². The van der Waals surface area contributed by atoms with Gasteiger partial charge in [-0.1, -0.05) is 105 Å². The molecule has 0 aliphatic rings. The van der Waals surface area contributed by atoms with E-state index in [2.05, 4.69) is 32.0 Å². The second kappa shape index (κ2) is 10.8. The molecule has 5 aromatic rings. The van der Waals surface area contributed by atoms with E-state index in [-0.39, 0.29) is 11.2 Å². The van der Waals surface area contributed by atoms with E-state index in [1.807, 2.05) is 110 Å². The average molecular weight is 498 g/mol. The lowest BCUT2D eigenvalue weighted by Gasteiger charge is -2.28. The van der Waals surface area contributed by atoms with Gasteiger partial charge in [0.15, 0.2) is 0 Å². The Balaban J connectivity index is 1.53. The Hall–Kier alpha value is -4.63. The molecule has 0 saturated carbocycles. The van der Waals surface area contributed by atoms with Crippen LogP contribution in [0.1, 0.15) is 36.1 Å². The second-order valence-corrected chi connectivity index (χ2v) is 9.93. The molecule has 3 heteroatoms. The maximum atomic E-state index is 11.4. The summed E-state index contributed by atoms with van der Waals surface area (Å²) in [6.07, 6.45) is 1.76. The van der Waals surface area contributed by atoms with Gasteiger partial charge < -0.3 is 9.84 Å². The van der Waals surface area contributed by atoms with Gasteiger partial charge in [0.05, 0.1) is 5.69 Å². The first kappa shape index (κ1) is 25.0. The van der Waals surface area contributed by atoms with Gasteiger partial charge in [0.25, 0.3) is 0 Å². The van der Waals surface area contributed by atoms with Gasteiger partial charge in [-0.3, -0.25) is 4.99 Å². The van der Waals surface area contributed by atoms with E-state index in [1.165, 1.54) is 0 Å². The molecule has 0 bridgehead atoms. The van der Waals surface area contributed by atoms with Crippen molar-refractivity contribution in [2.45, 2.75) is 26.2 Å². The molecule has 3 nitrogen and oxygen atoms in total. The third-order valence-corrected chi connectivity index (χ3v) is 6.85.